The molecule has 0 spiro atoms. The summed E-state index contributed by atoms with van der Waals surface area (Å²) in [5, 5.41) is 3.20. The Labute approximate surface area is 122 Å². The van der Waals surface area contributed by atoms with Gasteiger partial charge in [0.05, 0.1) is 24.2 Å². The molecule has 0 aliphatic carbocycles. The van der Waals surface area contributed by atoms with Crippen LogP contribution in [0.2, 0.25) is 5.02 Å². The molecule has 20 heavy (non-hydrogen) atoms. The van der Waals surface area contributed by atoms with Gasteiger partial charge in [-0.3, -0.25) is 4.79 Å². The summed E-state index contributed by atoms with van der Waals surface area (Å²) in [5.74, 6) is 0.649. The van der Waals surface area contributed by atoms with Gasteiger partial charge in [-0.05, 0) is 35.9 Å². The van der Waals surface area contributed by atoms with Gasteiger partial charge < -0.3 is 15.8 Å². The van der Waals surface area contributed by atoms with Gasteiger partial charge in [0.25, 0.3) is 0 Å². The number of nitrogens with one attached hydrogen (secondary N) is 1. The zero-order valence-electron chi connectivity index (χ0n) is 11.0. The summed E-state index contributed by atoms with van der Waals surface area (Å²) in [6.45, 7) is 0. The van der Waals surface area contributed by atoms with Crippen LogP contribution in [0.1, 0.15) is 5.56 Å². The monoisotopic (exact) mass is 290 g/mol. The normalized spacial score (nSPS) is 10.1. The van der Waals surface area contributed by atoms with Crippen molar-refractivity contribution in [2.45, 2.75) is 6.42 Å². The highest BCUT2D eigenvalue weighted by atomic mass is 35.5. The van der Waals surface area contributed by atoms with E-state index in [1.54, 1.807) is 25.3 Å². The molecule has 0 heterocycles. The zero-order valence-corrected chi connectivity index (χ0v) is 11.8. The second-order valence-corrected chi connectivity index (χ2v) is 4.72. The SMILES string of the molecule is COc1ccc(CC(=O)Nc2ccc(N)c(Cl)c2)cc1. The van der Waals surface area contributed by atoms with Crippen molar-refractivity contribution in [1.29, 1.82) is 0 Å². The highest BCUT2D eigenvalue weighted by Gasteiger charge is 2.06. The second kappa shape index (κ2) is 6.30. The average molecular weight is 291 g/mol. The summed E-state index contributed by atoms with van der Waals surface area (Å²) in [6, 6.07) is 12.4. The van der Waals surface area contributed by atoms with E-state index in [4.69, 9.17) is 22.1 Å². The number of methoxy groups -OCH3 is 1. The molecule has 0 bridgehead atoms. The molecule has 0 fully saturated rings. The Morgan fingerprint density at radius 3 is 2.55 bits per heavy atom. The molecule has 0 atom stereocenters. The molecule has 0 unspecified atom stereocenters. The molecule has 5 heteroatoms. The predicted molar refractivity (Wildman–Crippen MR) is 81.2 cm³/mol. The van der Waals surface area contributed by atoms with Gasteiger partial charge in [0, 0.05) is 5.69 Å². The third kappa shape index (κ3) is 3.65. The van der Waals surface area contributed by atoms with Crippen molar-refractivity contribution in [3.8, 4) is 5.75 Å². The number of amides is 1. The van der Waals surface area contributed by atoms with E-state index in [0.29, 0.717) is 16.4 Å². The van der Waals surface area contributed by atoms with Crippen molar-refractivity contribution < 1.29 is 9.53 Å². The molecule has 0 aliphatic heterocycles. The first-order valence-corrected chi connectivity index (χ1v) is 6.44. The number of anilines is 2. The van der Waals surface area contributed by atoms with Crippen LogP contribution in [0.15, 0.2) is 42.5 Å². The number of nitrogen functional groups attached to an aromatic ring is 1. The van der Waals surface area contributed by atoms with Crippen LogP contribution >= 0.6 is 11.6 Å². The van der Waals surface area contributed by atoms with Crippen LogP contribution in [0, 0.1) is 0 Å². The van der Waals surface area contributed by atoms with Crippen LogP contribution in [0.5, 0.6) is 5.75 Å². The van der Waals surface area contributed by atoms with Crippen LogP contribution in [-0.2, 0) is 11.2 Å². The molecule has 0 saturated heterocycles. The molecule has 0 aromatic heterocycles. The first-order chi connectivity index (χ1) is 9.58. The Morgan fingerprint density at radius 1 is 1.25 bits per heavy atom. The highest BCUT2D eigenvalue weighted by molar-refractivity contribution is 6.33. The number of nitrogens with two attached hydrogens (primary N) is 1. The first kappa shape index (κ1) is 14.2. The van der Waals surface area contributed by atoms with E-state index in [1.165, 1.54) is 0 Å². The lowest BCUT2D eigenvalue weighted by Gasteiger charge is -2.07. The highest BCUT2D eigenvalue weighted by Crippen LogP contribution is 2.22. The summed E-state index contributed by atoms with van der Waals surface area (Å²) in [4.78, 5) is 11.9. The van der Waals surface area contributed by atoms with Crippen LogP contribution < -0.4 is 15.8 Å². The van der Waals surface area contributed by atoms with Crippen molar-refractivity contribution in [2.24, 2.45) is 0 Å². The van der Waals surface area contributed by atoms with E-state index in [0.717, 1.165) is 11.3 Å². The number of hydrogen-bond donors (Lipinski definition) is 2. The Balaban J connectivity index is 1.99. The van der Waals surface area contributed by atoms with Gasteiger partial charge in [-0.1, -0.05) is 23.7 Å². The number of hydrogen-bond acceptors (Lipinski definition) is 3. The third-order valence-corrected chi connectivity index (χ3v) is 3.14. The Kier molecular flexibility index (Phi) is 4.48. The van der Waals surface area contributed by atoms with E-state index < -0.39 is 0 Å². The summed E-state index contributed by atoms with van der Waals surface area (Å²) < 4.78 is 5.07. The van der Waals surface area contributed by atoms with Gasteiger partial charge in [0.1, 0.15) is 5.75 Å². The topological polar surface area (TPSA) is 64.3 Å². The van der Waals surface area contributed by atoms with E-state index in [9.17, 15) is 4.79 Å². The molecule has 0 saturated carbocycles. The van der Waals surface area contributed by atoms with E-state index in [1.807, 2.05) is 24.3 Å². The van der Waals surface area contributed by atoms with E-state index in [-0.39, 0.29) is 12.3 Å². The van der Waals surface area contributed by atoms with Gasteiger partial charge in [-0.2, -0.15) is 0 Å². The predicted octanol–water partition coefficient (Wildman–Crippen LogP) is 3.11. The third-order valence-electron chi connectivity index (χ3n) is 2.81. The van der Waals surface area contributed by atoms with Gasteiger partial charge in [0.2, 0.25) is 5.91 Å². The summed E-state index contributed by atoms with van der Waals surface area (Å²) >= 11 is 5.90. The fraction of sp³-hybridized carbons (Fsp3) is 0.133. The lowest BCUT2D eigenvalue weighted by Crippen LogP contribution is -2.14. The molecular weight excluding hydrogens is 276 g/mol. The number of carbonyl (C=O) groups excluding carboxylic acids is 1. The molecule has 1 amide bonds. The van der Waals surface area contributed by atoms with Crippen molar-refractivity contribution >= 4 is 28.9 Å². The molecule has 3 N–H and O–H groups in total. The largest absolute Gasteiger partial charge is 0.497 e. The van der Waals surface area contributed by atoms with Gasteiger partial charge >= 0.3 is 0 Å². The molecular formula is C15H15ClN2O2. The van der Waals surface area contributed by atoms with Crippen molar-refractivity contribution in [3.05, 3.63) is 53.1 Å². The minimum atomic E-state index is -0.115. The Morgan fingerprint density at radius 2 is 1.95 bits per heavy atom. The fourth-order valence-corrected chi connectivity index (χ4v) is 1.92. The first-order valence-electron chi connectivity index (χ1n) is 6.06. The smallest absolute Gasteiger partial charge is 0.228 e. The standard InChI is InChI=1S/C15H15ClN2O2/c1-20-12-5-2-10(3-6-12)8-15(19)18-11-4-7-14(17)13(16)9-11/h2-7,9H,8,17H2,1H3,(H,18,19). The minimum Gasteiger partial charge on any atom is -0.497 e. The maximum absolute atomic E-state index is 11.9. The summed E-state index contributed by atoms with van der Waals surface area (Å²) in [7, 11) is 1.60. The fourth-order valence-electron chi connectivity index (χ4n) is 1.74. The van der Waals surface area contributed by atoms with Crippen LogP contribution in [0.3, 0.4) is 0 Å². The zero-order chi connectivity index (χ0) is 14.5. The van der Waals surface area contributed by atoms with Crippen LogP contribution in [0.25, 0.3) is 0 Å². The molecule has 2 aromatic carbocycles. The number of rotatable bonds is 4. The molecule has 0 aliphatic rings. The maximum Gasteiger partial charge on any atom is 0.228 e. The molecule has 0 radical (unpaired) electrons. The van der Waals surface area contributed by atoms with Gasteiger partial charge in [-0.25, -0.2) is 0 Å². The van der Waals surface area contributed by atoms with Crippen molar-refractivity contribution in [1.82, 2.24) is 0 Å². The molecule has 2 aromatic rings. The van der Waals surface area contributed by atoms with Crippen molar-refractivity contribution in [3.63, 3.8) is 0 Å². The Hall–Kier alpha value is -2.20. The summed E-state index contributed by atoms with van der Waals surface area (Å²) in [6.07, 6.45) is 0.284. The quantitative estimate of drug-likeness (QED) is 0.850. The lowest BCUT2D eigenvalue weighted by molar-refractivity contribution is -0.115. The minimum absolute atomic E-state index is 0.115. The van der Waals surface area contributed by atoms with Crippen LogP contribution in [0.4, 0.5) is 11.4 Å². The Bertz CT molecular complexity index is 612. The lowest BCUT2D eigenvalue weighted by atomic mass is 10.1. The molecule has 4 nitrogen and oxygen atoms in total. The number of halogens is 1. The van der Waals surface area contributed by atoms with Gasteiger partial charge in [-0.15, -0.1) is 0 Å². The van der Waals surface area contributed by atoms with Crippen molar-refractivity contribution in [2.75, 3.05) is 18.2 Å². The van der Waals surface area contributed by atoms with E-state index in [2.05, 4.69) is 5.32 Å². The van der Waals surface area contributed by atoms with Crippen LogP contribution in [-0.4, -0.2) is 13.0 Å². The number of benzene rings is 2. The average Bonchev–Trinajstić information content (AvgIpc) is 2.44. The second-order valence-electron chi connectivity index (χ2n) is 4.31. The number of ether oxygens (including phenoxy) is 1. The molecule has 104 valence electrons. The van der Waals surface area contributed by atoms with Gasteiger partial charge in [0.15, 0.2) is 0 Å². The molecule has 2 rings (SSSR count). The maximum atomic E-state index is 11.9. The van der Waals surface area contributed by atoms with E-state index >= 15 is 0 Å². The number of carbonyl (C=O) groups is 1. The summed E-state index contributed by atoms with van der Waals surface area (Å²) in [5.41, 5.74) is 7.63.